The Morgan fingerprint density at radius 1 is 0.969 bits per heavy atom. The van der Waals surface area contributed by atoms with E-state index >= 15 is 0 Å². The number of halogens is 1. The highest BCUT2D eigenvalue weighted by molar-refractivity contribution is 7.92. The van der Waals surface area contributed by atoms with Crippen LogP contribution in [-0.2, 0) is 14.8 Å². The first kappa shape index (κ1) is 22.3. The number of nitrogens with zero attached hydrogens (tertiary/aromatic N) is 3. The first-order valence-electron chi connectivity index (χ1n) is 10.1. The summed E-state index contributed by atoms with van der Waals surface area (Å²) in [4.78, 5) is 11.4. The Morgan fingerprint density at radius 3 is 2.38 bits per heavy atom. The van der Waals surface area contributed by atoms with Crippen molar-refractivity contribution in [2.75, 3.05) is 41.2 Å². The molecule has 168 valence electrons. The summed E-state index contributed by atoms with van der Waals surface area (Å²) in [5.74, 6) is 1.33. The minimum Gasteiger partial charge on any atom is -0.378 e. The first-order valence-corrected chi connectivity index (χ1v) is 12.0. The third-order valence-corrected chi connectivity index (χ3v) is 6.74. The second-order valence-electron chi connectivity index (χ2n) is 7.51. The zero-order chi connectivity index (χ0) is 22.7. The molecule has 0 unspecified atom stereocenters. The predicted octanol–water partition coefficient (Wildman–Crippen LogP) is 4.13. The maximum absolute atomic E-state index is 12.8. The third kappa shape index (κ3) is 5.29. The largest absolute Gasteiger partial charge is 0.378 e. The number of rotatable bonds is 6. The van der Waals surface area contributed by atoms with Gasteiger partial charge in [0.2, 0.25) is 5.95 Å². The number of aromatic nitrogens is 2. The van der Waals surface area contributed by atoms with Gasteiger partial charge in [0, 0.05) is 41.2 Å². The summed E-state index contributed by atoms with van der Waals surface area (Å²) in [7, 11) is -3.75. The molecule has 0 aliphatic carbocycles. The van der Waals surface area contributed by atoms with Crippen LogP contribution in [0.1, 0.15) is 11.3 Å². The van der Waals surface area contributed by atoms with Crippen LogP contribution in [0.5, 0.6) is 0 Å². The molecule has 0 atom stereocenters. The highest BCUT2D eigenvalue weighted by Crippen LogP contribution is 2.25. The quantitative estimate of drug-likeness (QED) is 0.555. The Balaban J connectivity index is 1.48. The van der Waals surface area contributed by atoms with Gasteiger partial charge in [-0.2, -0.15) is 4.98 Å². The van der Waals surface area contributed by atoms with Crippen LogP contribution in [0.25, 0.3) is 0 Å². The molecule has 32 heavy (non-hydrogen) atoms. The zero-order valence-electron chi connectivity index (χ0n) is 17.8. The summed E-state index contributed by atoms with van der Waals surface area (Å²) >= 11 is 5.98. The van der Waals surface area contributed by atoms with Gasteiger partial charge in [0.1, 0.15) is 5.82 Å². The molecule has 0 saturated carbocycles. The van der Waals surface area contributed by atoms with E-state index in [1.54, 1.807) is 43.3 Å². The maximum Gasteiger partial charge on any atom is 0.262 e. The van der Waals surface area contributed by atoms with E-state index < -0.39 is 10.0 Å². The minimum atomic E-state index is -3.75. The summed E-state index contributed by atoms with van der Waals surface area (Å²) < 4.78 is 33.5. The standard InChI is InChI=1S/C22H24ClN5O3S/c1-15-3-4-17(23)14-20(15)32(29,30)27-19-7-5-18(6-8-19)25-21-13-16(2)24-22(26-21)28-9-11-31-12-10-28/h3-8,13-14,27H,9-12H2,1-2H3,(H,24,25,26). The lowest BCUT2D eigenvalue weighted by Crippen LogP contribution is -2.37. The van der Waals surface area contributed by atoms with Crippen molar-refractivity contribution in [3.63, 3.8) is 0 Å². The summed E-state index contributed by atoms with van der Waals surface area (Å²) in [5, 5.41) is 3.63. The third-order valence-electron chi connectivity index (χ3n) is 4.99. The van der Waals surface area contributed by atoms with Gasteiger partial charge in [-0.1, -0.05) is 17.7 Å². The Hall–Kier alpha value is -2.88. The average Bonchev–Trinajstić information content (AvgIpc) is 2.77. The Bertz CT molecular complexity index is 1210. The van der Waals surface area contributed by atoms with E-state index in [4.69, 9.17) is 16.3 Å². The second kappa shape index (κ2) is 9.32. The number of morpholine rings is 1. The van der Waals surface area contributed by atoms with Gasteiger partial charge in [-0.3, -0.25) is 4.72 Å². The van der Waals surface area contributed by atoms with E-state index in [0.29, 0.717) is 41.3 Å². The summed E-state index contributed by atoms with van der Waals surface area (Å²) in [5.41, 5.74) is 2.70. The van der Waals surface area contributed by atoms with Crippen molar-refractivity contribution in [2.45, 2.75) is 18.7 Å². The van der Waals surface area contributed by atoms with Crippen LogP contribution < -0.4 is 14.9 Å². The van der Waals surface area contributed by atoms with E-state index in [9.17, 15) is 8.42 Å². The van der Waals surface area contributed by atoms with Gasteiger partial charge in [0.25, 0.3) is 10.0 Å². The van der Waals surface area contributed by atoms with Gasteiger partial charge >= 0.3 is 0 Å². The molecule has 0 bridgehead atoms. The molecule has 1 aliphatic rings. The van der Waals surface area contributed by atoms with Gasteiger partial charge < -0.3 is 15.0 Å². The van der Waals surface area contributed by atoms with Crippen LogP contribution in [0.4, 0.5) is 23.1 Å². The summed E-state index contributed by atoms with van der Waals surface area (Å²) in [6.45, 7) is 6.48. The molecule has 0 radical (unpaired) electrons. The number of sulfonamides is 1. The smallest absolute Gasteiger partial charge is 0.262 e. The lowest BCUT2D eigenvalue weighted by atomic mass is 10.2. The fourth-order valence-electron chi connectivity index (χ4n) is 3.36. The van der Waals surface area contributed by atoms with Crippen molar-refractivity contribution in [1.82, 2.24) is 9.97 Å². The number of anilines is 4. The normalized spacial score (nSPS) is 14.3. The van der Waals surface area contributed by atoms with Crippen molar-refractivity contribution in [2.24, 2.45) is 0 Å². The molecule has 1 aliphatic heterocycles. The van der Waals surface area contributed by atoms with Gasteiger partial charge in [-0.05, 0) is 55.8 Å². The number of nitrogens with one attached hydrogen (secondary N) is 2. The highest BCUT2D eigenvalue weighted by atomic mass is 35.5. The van der Waals surface area contributed by atoms with E-state index in [1.165, 1.54) is 6.07 Å². The fraction of sp³-hybridized carbons (Fsp3) is 0.273. The number of ether oxygens (including phenoxy) is 1. The molecule has 1 fully saturated rings. The molecule has 10 heteroatoms. The lowest BCUT2D eigenvalue weighted by Gasteiger charge is -2.27. The van der Waals surface area contributed by atoms with E-state index in [0.717, 1.165) is 24.5 Å². The first-order chi connectivity index (χ1) is 15.3. The molecular formula is C22H24ClN5O3S. The topological polar surface area (TPSA) is 96.5 Å². The predicted molar refractivity (Wildman–Crippen MR) is 127 cm³/mol. The molecule has 1 saturated heterocycles. The fourth-order valence-corrected chi connectivity index (χ4v) is 4.93. The molecule has 2 heterocycles. The number of aryl methyl sites for hydroxylation is 2. The Morgan fingerprint density at radius 2 is 1.66 bits per heavy atom. The van der Waals surface area contributed by atoms with Crippen LogP contribution in [0.2, 0.25) is 5.02 Å². The van der Waals surface area contributed by atoms with Crippen molar-refractivity contribution in [3.05, 3.63) is 64.8 Å². The maximum atomic E-state index is 12.8. The van der Waals surface area contributed by atoms with Crippen molar-refractivity contribution >= 4 is 44.8 Å². The molecule has 8 nitrogen and oxygen atoms in total. The van der Waals surface area contributed by atoms with Gasteiger partial charge in [0.15, 0.2) is 0 Å². The molecule has 4 rings (SSSR count). The lowest BCUT2D eigenvalue weighted by molar-refractivity contribution is 0.122. The van der Waals surface area contributed by atoms with Crippen molar-refractivity contribution in [1.29, 1.82) is 0 Å². The van der Waals surface area contributed by atoms with Crippen LogP contribution in [-0.4, -0.2) is 44.7 Å². The van der Waals surface area contributed by atoms with Crippen molar-refractivity contribution in [3.8, 4) is 0 Å². The minimum absolute atomic E-state index is 0.152. The molecule has 1 aromatic heterocycles. The number of hydrogen-bond donors (Lipinski definition) is 2. The molecule has 2 N–H and O–H groups in total. The Labute approximate surface area is 192 Å². The van der Waals surface area contributed by atoms with E-state index in [2.05, 4.69) is 24.9 Å². The van der Waals surface area contributed by atoms with Crippen LogP contribution in [0.3, 0.4) is 0 Å². The number of benzene rings is 2. The summed E-state index contributed by atoms with van der Waals surface area (Å²) in [6.07, 6.45) is 0. The second-order valence-corrected chi connectivity index (χ2v) is 9.60. The van der Waals surface area contributed by atoms with Crippen molar-refractivity contribution < 1.29 is 13.2 Å². The molecular weight excluding hydrogens is 450 g/mol. The molecule has 0 spiro atoms. The van der Waals surface area contributed by atoms with E-state index in [-0.39, 0.29) is 4.90 Å². The molecule has 2 aromatic carbocycles. The summed E-state index contributed by atoms with van der Waals surface area (Å²) in [6, 6.07) is 13.6. The SMILES string of the molecule is Cc1cc(Nc2ccc(NS(=O)(=O)c3cc(Cl)ccc3C)cc2)nc(N2CCOCC2)n1. The monoisotopic (exact) mass is 473 g/mol. The molecule has 3 aromatic rings. The Kier molecular flexibility index (Phi) is 6.50. The van der Waals surface area contributed by atoms with Crippen LogP contribution in [0.15, 0.2) is 53.4 Å². The van der Waals surface area contributed by atoms with E-state index in [1.807, 2.05) is 13.0 Å². The molecule has 0 amide bonds. The average molecular weight is 474 g/mol. The number of hydrogen-bond acceptors (Lipinski definition) is 7. The van der Waals surface area contributed by atoms with Gasteiger partial charge in [-0.25, -0.2) is 13.4 Å². The van der Waals surface area contributed by atoms with Gasteiger partial charge in [-0.15, -0.1) is 0 Å². The van der Waals surface area contributed by atoms with Crippen LogP contribution >= 0.6 is 11.6 Å². The van der Waals surface area contributed by atoms with Gasteiger partial charge in [0.05, 0.1) is 18.1 Å². The zero-order valence-corrected chi connectivity index (χ0v) is 19.4. The van der Waals surface area contributed by atoms with Crippen LogP contribution in [0, 0.1) is 13.8 Å². The highest BCUT2D eigenvalue weighted by Gasteiger charge is 2.18.